The van der Waals surface area contributed by atoms with Crippen molar-refractivity contribution in [2.24, 2.45) is 0 Å². The van der Waals surface area contributed by atoms with Gasteiger partial charge in [-0.15, -0.1) is 0 Å². The number of amides is 3. The van der Waals surface area contributed by atoms with Crippen molar-refractivity contribution in [2.45, 2.75) is 0 Å². The van der Waals surface area contributed by atoms with Crippen molar-refractivity contribution in [2.75, 3.05) is 19.0 Å². The maximum atomic E-state index is 13.2. The first-order valence-corrected chi connectivity index (χ1v) is 11.8. The summed E-state index contributed by atoms with van der Waals surface area (Å²) < 4.78 is 2.64. The van der Waals surface area contributed by atoms with E-state index in [1.165, 1.54) is 30.1 Å². The molecule has 0 saturated heterocycles. The molecule has 0 radical (unpaired) electrons. The van der Waals surface area contributed by atoms with Crippen LogP contribution in [0.5, 0.6) is 0 Å². The first-order chi connectivity index (χ1) is 15.7. The monoisotopic (exact) mass is 662 g/mol. The van der Waals surface area contributed by atoms with Crippen LogP contribution < -0.4 is 16.1 Å². The van der Waals surface area contributed by atoms with Gasteiger partial charge in [-0.25, -0.2) is 15.1 Å². The minimum Gasteiger partial charge on any atom is -0.357 e. The Morgan fingerprint density at radius 2 is 1.91 bits per heavy atom. The molecule has 0 atom stereocenters. The van der Waals surface area contributed by atoms with Gasteiger partial charge in [-0.05, 0) is 56.1 Å². The number of carbonyl (C=O) groups excluding carboxylic acids is 3. The number of pyridine rings is 1. The molecule has 33 heavy (non-hydrogen) atoms. The number of aromatic nitrogens is 3. The Balaban J connectivity index is 1.92. The Kier molecular flexibility index (Phi) is 8.59. The largest absolute Gasteiger partial charge is 0.357 e. The average molecular weight is 666 g/mol. The fourth-order valence-corrected chi connectivity index (χ4v) is 4.46. The Bertz CT molecular complexity index is 1240. The SMILES string of the molecule is CNC(=O)CONC(=O)c1cc(Br)cc(Br)c1NC(=O)c1cc(Br)nn1-c1ncccc1Cl. The molecule has 10 nitrogen and oxygen atoms in total. The lowest BCUT2D eigenvalue weighted by Gasteiger charge is -2.14. The molecule has 14 heteroatoms. The Labute approximate surface area is 217 Å². The summed E-state index contributed by atoms with van der Waals surface area (Å²) in [5.41, 5.74) is 2.52. The van der Waals surface area contributed by atoms with Gasteiger partial charge < -0.3 is 10.6 Å². The summed E-state index contributed by atoms with van der Waals surface area (Å²) in [6.07, 6.45) is 1.52. The van der Waals surface area contributed by atoms with E-state index in [9.17, 15) is 14.4 Å². The van der Waals surface area contributed by atoms with Gasteiger partial charge >= 0.3 is 0 Å². The lowest BCUT2D eigenvalue weighted by Crippen LogP contribution is -2.31. The Hall–Kier alpha value is -2.32. The number of hydrogen-bond donors (Lipinski definition) is 3. The standard InChI is InChI=1S/C19H14Br3ClN6O4/c1-24-15(30)8-33-28-18(31)10-5-9(20)6-11(21)16(10)26-19(32)13-7-14(22)27-29(13)17-12(23)3-2-4-25-17/h2-7H,8H2,1H3,(H,24,30)(H,26,32)(H,28,31). The predicted molar refractivity (Wildman–Crippen MR) is 131 cm³/mol. The lowest BCUT2D eigenvalue weighted by atomic mass is 10.1. The molecular formula is C19H14Br3ClN6O4. The van der Waals surface area contributed by atoms with E-state index >= 15 is 0 Å². The normalized spacial score (nSPS) is 10.6. The van der Waals surface area contributed by atoms with E-state index in [-0.39, 0.29) is 29.4 Å². The van der Waals surface area contributed by atoms with Gasteiger partial charge in [-0.3, -0.25) is 19.2 Å². The molecule has 2 aromatic heterocycles. The average Bonchev–Trinajstić information content (AvgIpc) is 3.16. The number of likely N-dealkylation sites (N-methyl/N-ethyl adjacent to an activating group) is 1. The van der Waals surface area contributed by atoms with Crippen molar-refractivity contribution in [1.82, 2.24) is 25.6 Å². The second kappa shape index (κ2) is 11.2. The van der Waals surface area contributed by atoms with Gasteiger partial charge in [0.05, 0.1) is 16.3 Å². The van der Waals surface area contributed by atoms with E-state index in [4.69, 9.17) is 16.4 Å². The number of benzene rings is 1. The highest BCUT2D eigenvalue weighted by atomic mass is 79.9. The molecule has 0 aliphatic rings. The van der Waals surface area contributed by atoms with Crippen molar-refractivity contribution < 1.29 is 19.2 Å². The first-order valence-electron chi connectivity index (χ1n) is 9.00. The summed E-state index contributed by atoms with van der Waals surface area (Å²) in [7, 11) is 1.44. The topological polar surface area (TPSA) is 127 Å². The van der Waals surface area contributed by atoms with Crippen LogP contribution in [-0.4, -0.2) is 46.1 Å². The predicted octanol–water partition coefficient (Wildman–Crippen LogP) is 3.87. The molecule has 0 fully saturated rings. The van der Waals surface area contributed by atoms with Crippen LogP contribution in [0.15, 0.2) is 50.1 Å². The molecule has 0 aliphatic heterocycles. The molecule has 3 amide bonds. The van der Waals surface area contributed by atoms with Crippen LogP contribution in [0.25, 0.3) is 5.82 Å². The van der Waals surface area contributed by atoms with Gasteiger partial charge in [-0.1, -0.05) is 27.5 Å². The van der Waals surface area contributed by atoms with E-state index < -0.39 is 17.7 Å². The van der Waals surface area contributed by atoms with Crippen LogP contribution in [0.2, 0.25) is 5.02 Å². The second-order valence-corrected chi connectivity index (χ2v) is 9.22. The molecule has 3 rings (SSSR count). The summed E-state index contributed by atoms with van der Waals surface area (Å²) >= 11 is 16.1. The number of halogens is 4. The number of rotatable bonds is 7. The lowest BCUT2D eigenvalue weighted by molar-refractivity contribution is -0.126. The highest BCUT2D eigenvalue weighted by molar-refractivity contribution is 9.11. The number of hydrogen-bond acceptors (Lipinski definition) is 6. The van der Waals surface area contributed by atoms with E-state index in [1.807, 2.05) is 0 Å². The zero-order valence-electron chi connectivity index (χ0n) is 16.7. The van der Waals surface area contributed by atoms with Crippen LogP contribution in [-0.2, 0) is 9.63 Å². The molecule has 0 bridgehead atoms. The maximum absolute atomic E-state index is 13.2. The highest BCUT2D eigenvalue weighted by Crippen LogP contribution is 2.32. The van der Waals surface area contributed by atoms with Gasteiger partial charge in [0.25, 0.3) is 11.8 Å². The van der Waals surface area contributed by atoms with Crippen molar-refractivity contribution in [3.8, 4) is 5.82 Å². The number of carbonyl (C=O) groups is 3. The third kappa shape index (κ3) is 6.18. The molecule has 3 N–H and O–H groups in total. The smallest absolute Gasteiger partial charge is 0.277 e. The van der Waals surface area contributed by atoms with Crippen LogP contribution in [0.1, 0.15) is 20.8 Å². The minimum absolute atomic E-state index is 0.0718. The maximum Gasteiger partial charge on any atom is 0.277 e. The fraction of sp³-hybridized carbons (Fsp3) is 0.105. The fourth-order valence-electron chi connectivity index (χ4n) is 2.56. The zero-order chi connectivity index (χ0) is 24.1. The molecule has 0 unspecified atom stereocenters. The van der Waals surface area contributed by atoms with E-state index in [0.29, 0.717) is 18.6 Å². The number of anilines is 1. The molecule has 0 aliphatic carbocycles. The van der Waals surface area contributed by atoms with Crippen LogP contribution in [0, 0.1) is 0 Å². The van der Waals surface area contributed by atoms with Gasteiger partial charge in [0, 0.05) is 28.3 Å². The summed E-state index contributed by atoms with van der Waals surface area (Å²) in [4.78, 5) is 46.3. The van der Waals surface area contributed by atoms with Crippen molar-refractivity contribution in [1.29, 1.82) is 0 Å². The van der Waals surface area contributed by atoms with Gasteiger partial charge in [0.2, 0.25) is 5.91 Å². The Morgan fingerprint density at radius 3 is 2.61 bits per heavy atom. The molecule has 0 saturated carbocycles. The molecule has 2 heterocycles. The van der Waals surface area contributed by atoms with Crippen LogP contribution in [0.4, 0.5) is 5.69 Å². The van der Waals surface area contributed by atoms with Gasteiger partial charge in [0.1, 0.15) is 10.3 Å². The van der Waals surface area contributed by atoms with Gasteiger partial charge in [-0.2, -0.15) is 5.10 Å². The van der Waals surface area contributed by atoms with Crippen molar-refractivity contribution in [3.05, 3.63) is 66.4 Å². The number of nitrogens with zero attached hydrogens (tertiary/aromatic N) is 3. The van der Waals surface area contributed by atoms with Crippen LogP contribution >= 0.6 is 59.4 Å². The molecule has 172 valence electrons. The minimum atomic E-state index is -0.682. The summed E-state index contributed by atoms with van der Waals surface area (Å²) in [6, 6.07) is 7.90. The third-order valence-electron chi connectivity index (χ3n) is 4.04. The third-order valence-corrected chi connectivity index (χ3v) is 5.80. The Morgan fingerprint density at radius 1 is 1.15 bits per heavy atom. The quantitative estimate of drug-likeness (QED) is 0.329. The van der Waals surface area contributed by atoms with E-state index in [1.54, 1.807) is 18.2 Å². The first kappa shape index (κ1) is 25.3. The molecule has 1 aromatic carbocycles. The van der Waals surface area contributed by atoms with Crippen molar-refractivity contribution in [3.63, 3.8) is 0 Å². The van der Waals surface area contributed by atoms with E-state index in [2.05, 4.69) is 74.0 Å². The highest BCUT2D eigenvalue weighted by Gasteiger charge is 2.23. The molecule has 0 spiro atoms. The van der Waals surface area contributed by atoms with Crippen molar-refractivity contribution >= 4 is 82.8 Å². The molecule has 3 aromatic rings. The molecular weight excluding hydrogens is 651 g/mol. The zero-order valence-corrected chi connectivity index (χ0v) is 22.2. The number of hydroxylamine groups is 1. The summed E-state index contributed by atoms with van der Waals surface area (Å²) in [5.74, 6) is -1.44. The summed E-state index contributed by atoms with van der Waals surface area (Å²) in [6.45, 7) is -0.378. The number of nitrogens with one attached hydrogen (secondary N) is 3. The van der Waals surface area contributed by atoms with Gasteiger partial charge in [0.15, 0.2) is 12.4 Å². The summed E-state index contributed by atoms with van der Waals surface area (Å²) in [5, 5.41) is 9.59. The second-order valence-electron chi connectivity index (χ2n) is 6.23. The van der Waals surface area contributed by atoms with E-state index in [0.717, 1.165) is 0 Å². The van der Waals surface area contributed by atoms with Crippen LogP contribution in [0.3, 0.4) is 0 Å².